The molecule has 0 aliphatic rings. The smallest absolute Gasteiger partial charge is 0.221 e. The summed E-state index contributed by atoms with van der Waals surface area (Å²) in [5, 5.41) is 7.51. The van der Waals surface area contributed by atoms with Crippen molar-refractivity contribution < 1.29 is 9.53 Å². The molecule has 1 atom stereocenters. The van der Waals surface area contributed by atoms with Gasteiger partial charge in [0, 0.05) is 24.4 Å². The highest BCUT2D eigenvalue weighted by Crippen LogP contribution is 2.27. The Morgan fingerprint density at radius 2 is 2.17 bits per heavy atom. The standard InChI is InChI=1S/C18H25N3O2S/c1-6-17-20-12(3)18(24-17)11(2)19-10-14-7-8-16(23-5)15(9-14)21-13(4)22/h7-9,11,19H,6,10H2,1-5H3,(H,21,22)/t11-/m0/s1. The van der Waals surface area contributed by atoms with E-state index in [4.69, 9.17) is 4.74 Å². The SMILES string of the molecule is CCc1nc(C)c([C@H](C)NCc2ccc(OC)c(NC(C)=O)c2)s1. The fourth-order valence-corrected chi connectivity index (χ4v) is 3.57. The minimum atomic E-state index is -0.112. The van der Waals surface area contributed by atoms with Crippen molar-refractivity contribution in [1.82, 2.24) is 10.3 Å². The molecule has 0 spiro atoms. The molecule has 1 amide bonds. The molecular formula is C18H25N3O2S. The average Bonchev–Trinajstić information content (AvgIpc) is 2.93. The Morgan fingerprint density at radius 3 is 2.75 bits per heavy atom. The summed E-state index contributed by atoms with van der Waals surface area (Å²) in [6.07, 6.45) is 0.969. The quantitative estimate of drug-likeness (QED) is 0.799. The van der Waals surface area contributed by atoms with Gasteiger partial charge in [-0.15, -0.1) is 11.3 Å². The molecule has 0 aliphatic carbocycles. The van der Waals surface area contributed by atoms with Gasteiger partial charge in [-0.2, -0.15) is 0 Å². The van der Waals surface area contributed by atoms with E-state index in [2.05, 4.69) is 36.4 Å². The Hall–Kier alpha value is -1.92. The van der Waals surface area contributed by atoms with Gasteiger partial charge in [0.25, 0.3) is 0 Å². The second kappa shape index (κ2) is 8.26. The number of rotatable bonds is 7. The third kappa shape index (κ3) is 4.55. The van der Waals surface area contributed by atoms with Gasteiger partial charge in [-0.25, -0.2) is 4.98 Å². The third-order valence-electron chi connectivity index (χ3n) is 3.76. The molecule has 2 aromatic rings. The van der Waals surface area contributed by atoms with E-state index in [1.165, 1.54) is 16.8 Å². The Bertz CT molecular complexity index is 712. The normalized spacial score (nSPS) is 12.0. The number of aryl methyl sites for hydroxylation is 2. The Morgan fingerprint density at radius 1 is 1.42 bits per heavy atom. The number of nitrogens with zero attached hydrogens (tertiary/aromatic N) is 1. The number of nitrogens with one attached hydrogen (secondary N) is 2. The van der Waals surface area contributed by atoms with Crippen LogP contribution in [0.25, 0.3) is 0 Å². The number of methoxy groups -OCH3 is 1. The molecule has 1 aromatic heterocycles. The molecule has 24 heavy (non-hydrogen) atoms. The molecule has 130 valence electrons. The van der Waals surface area contributed by atoms with Crippen LogP contribution in [0, 0.1) is 6.92 Å². The van der Waals surface area contributed by atoms with E-state index in [-0.39, 0.29) is 11.9 Å². The predicted octanol–water partition coefficient (Wildman–Crippen LogP) is 3.83. The average molecular weight is 347 g/mol. The van der Waals surface area contributed by atoms with Gasteiger partial charge in [-0.05, 0) is 38.0 Å². The molecule has 0 radical (unpaired) electrons. The van der Waals surface area contributed by atoms with Crippen molar-refractivity contribution in [2.75, 3.05) is 12.4 Å². The minimum absolute atomic E-state index is 0.112. The molecule has 0 fully saturated rings. The number of hydrogen-bond donors (Lipinski definition) is 2. The first-order valence-corrected chi connectivity index (χ1v) is 8.90. The maximum absolute atomic E-state index is 11.3. The summed E-state index contributed by atoms with van der Waals surface area (Å²) in [6, 6.07) is 6.05. The van der Waals surface area contributed by atoms with Gasteiger partial charge in [-0.3, -0.25) is 4.79 Å². The van der Waals surface area contributed by atoms with Gasteiger partial charge in [0.1, 0.15) is 5.75 Å². The molecule has 0 unspecified atom stereocenters. The molecule has 5 nitrogen and oxygen atoms in total. The number of ether oxygens (including phenoxy) is 1. The van der Waals surface area contributed by atoms with Crippen molar-refractivity contribution in [2.24, 2.45) is 0 Å². The lowest BCUT2D eigenvalue weighted by atomic mass is 10.1. The number of hydrogen-bond acceptors (Lipinski definition) is 5. The zero-order valence-corrected chi connectivity index (χ0v) is 15.7. The summed E-state index contributed by atoms with van der Waals surface area (Å²) >= 11 is 1.77. The summed E-state index contributed by atoms with van der Waals surface area (Å²) in [6.45, 7) is 8.53. The molecule has 0 aliphatic heterocycles. The second-order valence-corrected chi connectivity index (χ2v) is 6.84. The highest BCUT2D eigenvalue weighted by Gasteiger charge is 2.14. The summed E-state index contributed by atoms with van der Waals surface area (Å²) < 4.78 is 5.29. The molecule has 0 saturated heterocycles. The maximum atomic E-state index is 11.3. The van der Waals surface area contributed by atoms with Crippen molar-refractivity contribution in [3.8, 4) is 5.75 Å². The van der Waals surface area contributed by atoms with Crippen LogP contribution in [0.4, 0.5) is 5.69 Å². The number of carbonyl (C=O) groups is 1. The molecule has 0 bridgehead atoms. The Balaban J connectivity index is 2.07. The van der Waals surface area contributed by atoms with E-state index in [0.29, 0.717) is 18.0 Å². The monoisotopic (exact) mass is 347 g/mol. The van der Waals surface area contributed by atoms with Gasteiger partial charge < -0.3 is 15.4 Å². The van der Waals surface area contributed by atoms with Crippen molar-refractivity contribution in [1.29, 1.82) is 0 Å². The van der Waals surface area contributed by atoms with Crippen LogP contribution >= 0.6 is 11.3 Å². The minimum Gasteiger partial charge on any atom is -0.495 e. The van der Waals surface area contributed by atoms with Gasteiger partial charge in [0.05, 0.1) is 23.5 Å². The van der Waals surface area contributed by atoms with E-state index >= 15 is 0 Å². The van der Waals surface area contributed by atoms with Crippen molar-refractivity contribution in [3.05, 3.63) is 39.3 Å². The third-order valence-corrected chi connectivity index (χ3v) is 5.24. The first kappa shape index (κ1) is 18.4. The summed E-state index contributed by atoms with van der Waals surface area (Å²) in [7, 11) is 1.60. The van der Waals surface area contributed by atoms with E-state index in [1.807, 2.05) is 18.2 Å². The summed E-state index contributed by atoms with van der Waals surface area (Å²) in [5.74, 6) is 0.548. The highest BCUT2D eigenvalue weighted by atomic mass is 32.1. The molecule has 6 heteroatoms. The fraction of sp³-hybridized carbons (Fsp3) is 0.444. The summed E-state index contributed by atoms with van der Waals surface area (Å²) in [4.78, 5) is 17.2. The lowest BCUT2D eigenvalue weighted by Crippen LogP contribution is -2.18. The van der Waals surface area contributed by atoms with Crippen LogP contribution in [-0.4, -0.2) is 18.0 Å². The lowest BCUT2D eigenvalue weighted by molar-refractivity contribution is -0.114. The van der Waals surface area contributed by atoms with Crippen LogP contribution in [-0.2, 0) is 17.8 Å². The van der Waals surface area contributed by atoms with Crippen molar-refractivity contribution in [2.45, 2.75) is 46.7 Å². The van der Waals surface area contributed by atoms with Crippen LogP contribution in [0.5, 0.6) is 5.75 Å². The lowest BCUT2D eigenvalue weighted by Gasteiger charge is -2.15. The number of aromatic nitrogens is 1. The summed E-state index contributed by atoms with van der Waals surface area (Å²) in [5.41, 5.74) is 2.88. The van der Waals surface area contributed by atoms with E-state index in [1.54, 1.807) is 18.4 Å². The molecule has 2 rings (SSSR count). The first-order valence-electron chi connectivity index (χ1n) is 8.08. The number of carbonyl (C=O) groups excluding carboxylic acids is 1. The number of benzene rings is 1. The number of anilines is 1. The molecule has 1 heterocycles. The second-order valence-electron chi connectivity index (χ2n) is 5.73. The first-order chi connectivity index (χ1) is 11.4. The highest BCUT2D eigenvalue weighted by molar-refractivity contribution is 7.11. The maximum Gasteiger partial charge on any atom is 0.221 e. The molecular weight excluding hydrogens is 322 g/mol. The van der Waals surface area contributed by atoms with E-state index < -0.39 is 0 Å². The predicted molar refractivity (Wildman–Crippen MR) is 98.8 cm³/mol. The molecule has 2 N–H and O–H groups in total. The van der Waals surface area contributed by atoms with Gasteiger partial charge in [-0.1, -0.05) is 13.0 Å². The van der Waals surface area contributed by atoms with Crippen molar-refractivity contribution >= 4 is 22.9 Å². The fourth-order valence-electron chi connectivity index (χ4n) is 2.53. The Labute approximate surface area is 147 Å². The molecule has 0 saturated carbocycles. The van der Waals surface area contributed by atoms with Crippen LogP contribution < -0.4 is 15.4 Å². The van der Waals surface area contributed by atoms with Gasteiger partial charge >= 0.3 is 0 Å². The van der Waals surface area contributed by atoms with E-state index in [9.17, 15) is 4.79 Å². The van der Waals surface area contributed by atoms with Crippen LogP contribution in [0.15, 0.2) is 18.2 Å². The van der Waals surface area contributed by atoms with Gasteiger partial charge in [0.2, 0.25) is 5.91 Å². The number of thiazole rings is 1. The van der Waals surface area contributed by atoms with Gasteiger partial charge in [0.15, 0.2) is 0 Å². The topological polar surface area (TPSA) is 63.3 Å². The number of amides is 1. The van der Waals surface area contributed by atoms with Crippen LogP contribution in [0.3, 0.4) is 0 Å². The Kier molecular flexibility index (Phi) is 6.34. The molecule has 1 aromatic carbocycles. The zero-order valence-electron chi connectivity index (χ0n) is 14.9. The van der Waals surface area contributed by atoms with Crippen LogP contribution in [0.2, 0.25) is 0 Å². The zero-order chi connectivity index (χ0) is 17.7. The van der Waals surface area contributed by atoms with Crippen molar-refractivity contribution in [3.63, 3.8) is 0 Å². The van der Waals surface area contributed by atoms with E-state index in [0.717, 1.165) is 17.7 Å². The van der Waals surface area contributed by atoms with Crippen LogP contribution in [0.1, 0.15) is 48.0 Å². The largest absolute Gasteiger partial charge is 0.495 e.